The van der Waals surface area contributed by atoms with Crippen LogP contribution in [0.2, 0.25) is 0 Å². The van der Waals surface area contributed by atoms with Gasteiger partial charge >= 0.3 is 0 Å². The molecule has 0 aliphatic carbocycles. The van der Waals surface area contributed by atoms with Crippen LogP contribution < -0.4 is 0 Å². The second-order valence-corrected chi connectivity index (χ2v) is 7.69. The SMILES string of the molecule is c1ccc(-n2c3cccnc3c3cc4c5ccccc5n(-c5ccncn5)c4nc32)cc1. The fraction of sp³-hybridized carbons (Fsp3) is 0. The van der Waals surface area contributed by atoms with Crippen LogP contribution in [0.5, 0.6) is 0 Å². The molecule has 5 aromatic heterocycles. The van der Waals surface area contributed by atoms with Crippen LogP contribution in [-0.4, -0.2) is 29.1 Å². The smallest absolute Gasteiger partial charge is 0.149 e. The molecule has 2 aromatic carbocycles. The number of nitrogens with zero attached hydrogens (tertiary/aromatic N) is 6. The molecule has 7 aromatic rings. The highest BCUT2D eigenvalue weighted by Crippen LogP contribution is 2.36. The Balaban J connectivity index is 1.71. The van der Waals surface area contributed by atoms with Crippen molar-refractivity contribution in [3.05, 3.63) is 97.6 Å². The molecule has 6 heteroatoms. The van der Waals surface area contributed by atoms with Crippen molar-refractivity contribution in [2.75, 3.05) is 0 Å². The molecule has 32 heavy (non-hydrogen) atoms. The molecule has 0 aliphatic rings. The Morgan fingerprint density at radius 1 is 0.594 bits per heavy atom. The van der Waals surface area contributed by atoms with Crippen LogP contribution in [0.1, 0.15) is 0 Å². The summed E-state index contributed by atoms with van der Waals surface area (Å²) in [6, 6.07) is 26.8. The molecule has 150 valence electrons. The number of benzene rings is 2. The summed E-state index contributed by atoms with van der Waals surface area (Å²) < 4.78 is 4.28. The molecule has 0 unspecified atom stereocenters. The number of hydrogen-bond donors (Lipinski definition) is 0. The number of hydrogen-bond acceptors (Lipinski definition) is 4. The van der Waals surface area contributed by atoms with Gasteiger partial charge in [-0.25, -0.2) is 15.0 Å². The van der Waals surface area contributed by atoms with Gasteiger partial charge in [0.25, 0.3) is 0 Å². The van der Waals surface area contributed by atoms with E-state index in [1.165, 1.54) is 0 Å². The number of pyridine rings is 2. The molecule has 0 saturated carbocycles. The summed E-state index contributed by atoms with van der Waals surface area (Å²) in [5.74, 6) is 0.790. The van der Waals surface area contributed by atoms with Gasteiger partial charge in [0.1, 0.15) is 23.4 Å². The van der Waals surface area contributed by atoms with Gasteiger partial charge in [-0.15, -0.1) is 0 Å². The monoisotopic (exact) mass is 412 g/mol. The Hall–Kier alpha value is -4.58. The zero-order chi connectivity index (χ0) is 21.1. The van der Waals surface area contributed by atoms with Crippen LogP contribution in [0, 0.1) is 0 Å². The molecule has 0 bridgehead atoms. The summed E-state index contributed by atoms with van der Waals surface area (Å²) >= 11 is 0. The first-order chi connectivity index (χ1) is 15.9. The molecule has 0 atom stereocenters. The van der Waals surface area contributed by atoms with Gasteiger partial charge in [0.2, 0.25) is 0 Å². The molecule has 0 amide bonds. The first-order valence-corrected chi connectivity index (χ1v) is 10.4. The lowest BCUT2D eigenvalue weighted by atomic mass is 10.1. The number of fused-ring (bicyclic) bond motifs is 6. The van der Waals surface area contributed by atoms with E-state index in [1.807, 2.05) is 42.6 Å². The summed E-state index contributed by atoms with van der Waals surface area (Å²) in [4.78, 5) is 18.6. The molecule has 0 radical (unpaired) electrons. The highest BCUT2D eigenvalue weighted by atomic mass is 15.1. The average molecular weight is 412 g/mol. The molecule has 0 N–H and O–H groups in total. The summed E-state index contributed by atoms with van der Waals surface area (Å²) in [6.07, 6.45) is 5.16. The van der Waals surface area contributed by atoms with Crippen LogP contribution in [0.25, 0.3) is 55.5 Å². The fourth-order valence-electron chi connectivity index (χ4n) is 4.60. The van der Waals surface area contributed by atoms with Gasteiger partial charge in [0.15, 0.2) is 0 Å². The molecule has 5 heterocycles. The van der Waals surface area contributed by atoms with Crippen molar-refractivity contribution in [1.29, 1.82) is 0 Å². The van der Waals surface area contributed by atoms with Crippen molar-refractivity contribution in [3.8, 4) is 11.5 Å². The fourth-order valence-corrected chi connectivity index (χ4v) is 4.60. The lowest BCUT2D eigenvalue weighted by Gasteiger charge is -2.08. The third kappa shape index (κ3) is 2.29. The van der Waals surface area contributed by atoms with Gasteiger partial charge < -0.3 is 0 Å². The van der Waals surface area contributed by atoms with Crippen LogP contribution >= 0.6 is 0 Å². The first kappa shape index (κ1) is 17.1. The molecular formula is C26H16N6. The summed E-state index contributed by atoms with van der Waals surface area (Å²) in [5, 5.41) is 3.24. The minimum atomic E-state index is 0.790. The molecule has 0 aliphatic heterocycles. The second-order valence-electron chi connectivity index (χ2n) is 7.69. The Morgan fingerprint density at radius 2 is 1.41 bits per heavy atom. The lowest BCUT2D eigenvalue weighted by molar-refractivity contribution is 1.02. The van der Waals surface area contributed by atoms with E-state index in [0.29, 0.717) is 0 Å². The zero-order valence-corrected chi connectivity index (χ0v) is 16.9. The maximum absolute atomic E-state index is 5.23. The van der Waals surface area contributed by atoms with E-state index in [0.717, 1.165) is 55.5 Å². The van der Waals surface area contributed by atoms with Gasteiger partial charge in [0, 0.05) is 34.2 Å². The Labute approximate surface area is 182 Å². The van der Waals surface area contributed by atoms with Gasteiger partial charge in [-0.1, -0.05) is 36.4 Å². The Bertz CT molecular complexity index is 1640. The van der Waals surface area contributed by atoms with Crippen molar-refractivity contribution in [1.82, 2.24) is 29.1 Å². The van der Waals surface area contributed by atoms with E-state index in [1.54, 1.807) is 12.5 Å². The lowest BCUT2D eigenvalue weighted by Crippen LogP contribution is -2.00. The maximum atomic E-state index is 5.23. The van der Waals surface area contributed by atoms with Crippen molar-refractivity contribution in [2.24, 2.45) is 0 Å². The number of aromatic nitrogens is 6. The second kappa shape index (κ2) is 6.46. The zero-order valence-electron chi connectivity index (χ0n) is 16.9. The molecule has 6 nitrogen and oxygen atoms in total. The standard InChI is InChI=1S/C26H16N6/c1-2-7-17(8-3-1)31-22-11-6-13-28-24(22)20-15-19-18-9-4-5-10-21(18)32(25(19)30-26(20)31)23-12-14-27-16-29-23/h1-16H. The molecular weight excluding hydrogens is 396 g/mol. The van der Waals surface area contributed by atoms with Crippen molar-refractivity contribution < 1.29 is 0 Å². The Morgan fingerprint density at radius 3 is 2.28 bits per heavy atom. The van der Waals surface area contributed by atoms with Crippen LogP contribution in [-0.2, 0) is 0 Å². The molecule has 0 fully saturated rings. The van der Waals surface area contributed by atoms with E-state index >= 15 is 0 Å². The van der Waals surface area contributed by atoms with Gasteiger partial charge in [-0.3, -0.25) is 14.1 Å². The van der Waals surface area contributed by atoms with Crippen molar-refractivity contribution >= 4 is 44.0 Å². The third-order valence-electron chi connectivity index (χ3n) is 5.93. The number of para-hydroxylation sites is 2. The normalized spacial score (nSPS) is 11.8. The van der Waals surface area contributed by atoms with Gasteiger partial charge in [0.05, 0.1) is 16.6 Å². The van der Waals surface area contributed by atoms with Gasteiger partial charge in [-0.05, 0) is 42.5 Å². The van der Waals surface area contributed by atoms with Crippen LogP contribution in [0.4, 0.5) is 0 Å². The van der Waals surface area contributed by atoms with E-state index in [9.17, 15) is 0 Å². The van der Waals surface area contributed by atoms with Crippen LogP contribution in [0.15, 0.2) is 97.6 Å². The first-order valence-electron chi connectivity index (χ1n) is 10.4. The minimum Gasteiger partial charge on any atom is -0.292 e. The third-order valence-corrected chi connectivity index (χ3v) is 5.93. The van der Waals surface area contributed by atoms with E-state index < -0.39 is 0 Å². The quantitative estimate of drug-likeness (QED) is 0.378. The summed E-state index contributed by atoms with van der Waals surface area (Å²) in [5.41, 5.74) is 5.82. The largest absolute Gasteiger partial charge is 0.292 e. The molecule has 0 spiro atoms. The van der Waals surface area contributed by atoms with Crippen molar-refractivity contribution in [2.45, 2.75) is 0 Å². The van der Waals surface area contributed by atoms with E-state index in [-0.39, 0.29) is 0 Å². The number of rotatable bonds is 2. The summed E-state index contributed by atoms with van der Waals surface area (Å²) in [7, 11) is 0. The maximum Gasteiger partial charge on any atom is 0.149 e. The molecule has 7 rings (SSSR count). The predicted molar refractivity (Wildman–Crippen MR) is 126 cm³/mol. The Kier molecular flexibility index (Phi) is 3.46. The average Bonchev–Trinajstić information content (AvgIpc) is 3.36. The van der Waals surface area contributed by atoms with E-state index in [4.69, 9.17) is 9.97 Å². The van der Waals surface area contributed by atoms with E-state index in [2.05, 4.69) is 61.6 Å². The van der Waals surface area contributed by atoms with Crippen LogP contribution in [0.3, 0.4) is 0 Å². The summed E-state index contributed by atoms with van der Waals surface area (Å²) in [6.45, 7) is 0. The highest BCUT2D eigenvalue weighted by molar-refractivity contribution is 6.15. The topological polar surface area (TPSA) is 61.4 Å². The minimum absolute atomic E-state index is 0.790. The predicted octanol–water partition coefficient (Wildman–Crippen LogP) is 5.46. The van der Waals surface area contributed by atoms with Crippen molar-refractivity contribution in [3.63, 3.8) is 0 Å². The van der Waals surface area contributed by atoms with Gasteiger partial charge in [-0.2, -0.15) is 0 Å². The molecule has 0 saturated heterocycles. The highest BCUT2D eigenvalue weighted by Gasteiger charge is 2.20.